The van der Waals surface area contributed by atoms with Gasteiger partial charge in [0.05, 0.1) is 10.6 Å². The molecule has 90 valence electrons. The molecular weight excluding hydrogens is 296 g/mol. The second-order valence-electron chi connectivity index (χ2n) is 4.83. The number of aromatic nitrogens is 2. The van der Waals surface area contributed by atoms with Gasteiger partial charge in [-0.15, -0.1) is 11.3 Å². The Morgan fingerprint density at radius 2 is 2.29 bits per heavy atom. The van der Waals surface area contributed by atoms with Crippen LogP contribution in [0.2, 0.25) is 0 Å². The van der Waals surface area contributed by atoms with Crippen molar-refractivity contribution in [2.24, 2.45) is 5.92 Å². The van der Waals surface area contributed by atoms with Crippen molar-refractivity contribution in [3.05, 3.63) is 27.3 Å². The van der Waals surface area contributed by atoms with Crippen LogP contribution in [-0.4, -0.2) is 9.55 Å². The number of fused-ring (bicyclic) bond motifs is 1. The number of aryl methyl sites for hydroxylation is 1. The largest absolute Gasteiger partial charge is 0.326 e. The van der Waals surface area contributed by atoms with Gasteiger partial charge < -0.3 is 4.57 Å². The molecule has 2 aromatic heterocycles. The Morgan fingerprint density at radius 3 is 3.00 bits per heavy atom. The summed E-state index contributed by atoms with van der Waals surface area (Å²) in [6.07, 6.45) is 2.39. The molecule has 1 atom stereocenters. The van der Waals surface area contributed by atoms with Crippen molar-refractivity contribution in [3.8, 4) is 10.7 Å². The van der Waals surface area contributed by atoms with Crippen molar-refractivity contribution in [3.63, 3.8) is 0 Å². The van der Waals surface area contributed by atoms with Gasteiger partial charge in [-0.05, 0) is 53.7 Å². The topological polar surface area (TPSA) is 17.8 Å². The average Bonchev–Trinajstić information content (AvgIpc) is 2.84. The summed E-state index contributed by atoms with van der Waals surface area (Å²) in [7, 11) is 0. The molecule has 0 aromatic carbocycles. The maximum absolute atomic E-state index is 4.70. The highest BCUT2D eigenvalue weighted by atomic mass is 79.9. The van der Waals surface area contributed by atoms with Gasteiger partial charge >= 0.3 is 0 Å². The van der Waals surface area contributed by atoms with Crippen molar-refractivity contribution < 1.29 is 0 Å². The van der Waals surface area contributed by atoms with Crippen molar-refractivity contribution in [1.82, 2.24) is 9.55 Å². The van der Waals surface area contributed by atoms with E-state index in [2.05, 4.69) is 46.5 Å². The van der Waals surface area contributed by atoms with Gasteiger partial charge in [-0.25, -0.2) is 4.98 Å². The fourth-order valence-electron chi connectivity index (χ4n) is 2.42. The van der Waals surface area contributed by atoms with E-state index in [1.165, 1.54) is 21.9 Å². The van der Waals surface area contributed by atoms with E-state index in [1.807, 2.05) is 11.3 Å². The van der Waals surface area contributed by atoms with E-state index < -0.39 is 0 Å². The van der Waals surface area contributed by atoms with Gasteiger partial charge in [-0.2, -0.15) is 0 Å². The highest BCUT2D eigenvalue weighted by Crippen LogP contribution is 2.34. The first-order chi connectivity index (χ1) is 8.15. The van der Waals surface area contributed by atoms with Crippen LogP contribution in [0.5, 0.6) is 0 Å². The van der Waals surface area contributed by atoms with Crippen molar-refractivity contribution >= 4 is 27.3 Å². The average molecular weight is 311 g/mol. The van der Waals surface area contributed by atoms with Gasteiger partial charge in [0.2, 0.25) is 0 Å². The minimum Gasteiger partial charge on any atom is -0.326 e. The molecule has 0 fully saturated rings. The Labute approximate surface area is 114 Å². The third-order valence-corrected chi connectivity index (χ3v) is 5.00. The summed E-state index contributed by atoms with van der Waals surface area (Å²) in [6, 6.07) is 4.35. The van der Waals surface area contributed by atoms with Crippen LogP contribution in [0.25, 0.3) is 10.7 Å². The number of imidazole rings is 1. The molecule has 3 rings (SSSR count). The molecule has 0 radical (unpaired) electrons. The zero-order chi connectivity index (χ0) is 12.0. The Hall–Kier alpha value is -0.610. The van der Waals surface area contributed by atoms with Gasteiger partial charge in [0.15, 0.2) is 5.82 Å². The van der Waals surface area contributed by atoms with Crippen molar-refractivity contribution in [2.45, 2.75) is 33.2 Å². The summed E-state index contributed by atoms with van der Waals surface area (Å²) in [4.78, 5) is 7.33. The number of halogens is 1. The molecule has 0 saturated carbocycles. The smallest absolute Gasteiger partial charge is 0.151 e. The van der Waals surface area contributed by atoms with Crippen LogP contribution < -0.4 is 0 Å². The number of rotatable bonds is 1. The molecule has 0 saturated heterocycles. The Balaban J connectivity index is 2.10. The van der Waals surface area contributed by atoms with E-state index >= 15 is 0 Å². The monoisotopic (exact) mass is 310 g/mol. The maximum atomic E-state index is 4.70. The predicted molar refractivity (Wildman–Crippen MR) is 75.5 cm³/mol. The van der Waals surface area contributed by atoms with E-state index in [0.717, 1.165) is 29.3 Å². The molecular formula is C13H15BrN2S. The SMILES string of the molecule is Cc1ccc(-c2nc(Br)c3n2CCC(C)C3)s1. The molecule has 17 heavy (non-hydrogen) atoms. The second-order valence-corrected chi connectivity index (χ2v) is 6.87. The lowest BCUT2D eigenvalue weighted by atomic mass is 9.99. The Morgan fingerprint density at radius 1 is 1.47 bits per heavy atom. The summed E-state index contributed by atoms with van der Waals surface area (Å²) in [6.45, 7) is 5.56. The van der Waals surface area contributed by atoms with Gasteiger partial charge in [0.1, 0.15) is 4.60 Å². The number of thiophene rings is 1. The first-order valence-electron chi connectivity index (χ1n) is 5.97. The lowest BCUT2D eigenvalue weighted by Gasteiger charge is -2.21. The summed E-state index contributed by atoms with van der Waals surface area (Å²) in [5, 5.41) is 0. The zero-order valence-corrected chi connectivity index (χ0v) is 12.4. The van der Waals surface area contributed by atoms with Crippen LogP contribution in [0.15, 0.2) is 16.7 Å². The van der Waals surface area contributed by atoms with E-state index in [9.17, 15) is 0 Å². The minimum absolute atomic E-state index is 0.772. The fraction of sp³-hybridized carbons (Fsp3) is 0.462. The molecule has 0 aliphatic carbocycles. The quantitative estimate of drug-likeness (QED) is 0.769. The van der Waals surface area contributed by atoms with Crippen molar-refractivity contribution in [1.29, 1.82) is 0 Å². The Kier molecular flexibility index (Phi) is 2.87. The van der Waals surface area contributed by atoms with Crippen LogP contribution in [0, 0.1) is 12.8 Å². The maximum Gasteiger partial charge on any atom is 0.151 e. The molecule has 4 heteroatoms. The van der Waals surface area contributed by atoms with Gasteiger partial charge in [0.25, 0.3) is 0 Å². The van der Waals surface area contributed by atoms with E-state index in [0.29, 0.717) is 0 Å². The van der Waals surface area contributed by atoms with Crippen LogP contribution >= 0.6 is 27.3 Å². The first kappa shape index (κ1) is 11.5. The lowest BCUT2D eigenvalue weighted by molar-refractivity contribution is 0.418. The summed E-state index contributed by atoms with van der Waals surface area (Å²) in [5.41, 5.74) is 1.37. The number of hydrogen-bond donors (Lipinski definition) is 0. The van der Waals surface area contributed by atoms with E-state index in [1.54, 1.807) is 0 Å². The standard InChI is InChI=1S/C13H15BrN2S/c1-8-5-6-16-10(7-8)12(14)15-13(16)11-4-3-9(2)17-11/h3-4,8H,5-7H2,1-2H3. The Bertz CT molecular complexity index is 556. The lowest BCUT2D eigenvalue weighted by Crippen LogP contribution is -2.17. The molecule has 1 aliphatic heterocycles. The summed E-state index contributed by atoms with van der Waals surface area (Å²) < 4.78 is 3.42. The molecule has 0 bridgehead atoms. The van der Waals surface area contributed by atoms with E-state index in [-0.39, 0.29) is 0 Å². The highest BCUT2D eigenvalue weighted by Gasteiger charge is 2.23. The first-order valence-corrected chi connectivity index (χ1v) is 7.58. The molecule has 3 heterocycles. The van der Waals surface area contributed by atoms with Crippen molar-refractivity contribution in [2.75, 3.05) is 0 Å². The molecule has 2 nitrogen and oxygen atoms in total. The molecule has 1 unspecified atom stereocenters. The molecule has 0 amide bonds. The molecule has 2 aromatic rings. The number of hydrogen-bond acceptors (Lipinski definition) is 2. The zero-order valence-electron chi connectivity index (χ0n) is 10.0. The van der Waals surface area contributed by atoms with Gasteiger partial charge in [-0.3, -0.25) is 0 Å². The fourth-order valence-corrected chi connectivity index (χ4v) is 3.83. The van der Waals surface area contributed by atoms with Gasteiger partial charge in [-0.1, -0.05) is 6.92 Å². The molecule has 0 spiro atoms. The second kappa shape index (κ2) is 4.25. The summed E-state index contributed by atoms with van der Waals surface area (Å²) in [5.74, 6) is 1.91. The van der Waals surface area contributed by atoms with Crippen LogP contribution in [0.4, 0.5) is 0 Å². The third-order valence-electron chi connectivity index (χ3n) is 3.37. The van der Waals surface area contributed by atoms with Crippen LogP contribution in [0.1, 0.15) is 23.9 Å². The highest BCUT2D eigenvalue weighted by molar-refractivity contribution is 9.10. The summed E-state index contributed by atoms with van der Waals surface area (Å²) >= 11 is 5.43. The predicted octanol–water partition coefficient (Wildman–Crippen LogP) is 4.26. The molecule has 1 aliphatic rings. The van der Waals surface area contributed by atoms with Crippen LogP contribution in [0.3, 0.4) is 0 Å². The minimum atomic E-state index is 0.772. The van der Waals surface area contributed by atoms with E-state index in [4.69, 9.17) is 4.98 Å². The molecule has 0 N–H and O–H groups in total. The third kappa shape index (κ3) is 1.97. The normalized spacial score (nSPS) is 19.4. The van der Waals surface area contributed by atoms with Gasteiger partial charge in [0, 0.05) is 11.4 Å². The number of nitrogens with zero attached hydrogens (tertiary/aromatic N) is 2. The van der Waals surface area contributed by atoms with Crippen LogP contribution in [-0.2, 0) is 13.0 Å².